The van der Waals surface area contributed by atoms with E-state index in [0.717, 1.165) is 0 Å². The number of carbonyl (C=O) groups excluding carboxylic acids is 2. The van der Waals surface area contributed by atoms with Gasteiger partial charge in [0.05, 0.1) is 10.5 Å². The fourth-order valence-corrected chi connectivity index (χ4v) is 2.71. The maximum Gasteiger partial charge on any atom is 0.408 e. The molecule has 1 aliphatic heterocycles. The van der Waals surface area contributed by atoms with Crippen LogP contribution in [0.5, 0.6) is 0 Å². The lowest BCUT2D eigenvalue weighted by Gasteiger charge is -2.36. The first kappa shape index (κ1) is 18.9. The molecule has 0 bridgehead atoms. The van der Waals surface area contributed by atoms with E-state index in [1.165, 1.54) is 18.2 Å². The number of carbonyl (C=O) groups is 2. The molecule has 0 aliphatic carbocycles. The first-order chi connectivity index (χ1) is 11.6. The second-order valence-electron chi connectivity index (χ2n) is 6.92. The number of nitrogens with zero attached hydrogens (tertiary/aromatic N) is 1. The van der Waals surface area contributed by atoms with Gasteiger partial charge in [0.1, 0.15) is 11.1 Å². The first-order valence-electron chi connectivity index (χ1n) is 8.02. The predicted octanol–water partition coefficient (Wildman–Crippen LogP) is 2.85. The van der Waals surface area contributed by atoms with Crippen LogP contribution in [-0.2, 0) is 9.47 Å². The molecule has 1 aromatic rings. The van der Waals surface area contributed by atoms with E-state index in [1.54, 1.807) is 26.8 Å². The van der Waals surface area contributed by atoms with E-state index in [0.29, 0.717) is 0 Å². The molecular formula is C17H22N2O6. The Kier molecular flexibility index (Phi) is 5.42. The standard InChI is InChI=1S/C17H22N2O6/c1-16(2,3)25-15(21)18-17(8-10-24-11-9-17)14(20)12-6-4-5-7-13(12)19(22)23/h4-7H,8-11H2,1-3H3,(H,18,21). The molecule has 136 valence electrons. The van der Waals surface area contributed by atoms with Crippen LogP contribution in [0.1, 0.15) is 44.0 Å². The Bertz CT molecular complexity index is 674. The van der Waals surface area contributed by atoms with Crippen molar-refractivity contribution in [1.29, 1.82) is 0 Å². The van der Waals surface area contributed by atoms with Gasteiger partial charge in [0.2, 0.25) is 0 Å². The number of ether oxygens (including phenoxy) is 2. The lowest BCUT2D eigenvalue weighted by molar-refractivity contribution is -0.385. The highest BCUT2D eigenvalue weighted by atomic mass is 16.6. The normalized spacial score (nSPS) is 16.8. The SMILES string of the molecule is CC(C)(C)OC(=O)NC1(C(=O)c2ccccc2[N+](=O)[O-])CCOCC1. The summed E-state index contributed by atoms with van der Waals surface area (Å²) in [5.74, 6) is -0.506. The van der Waals surface area contributed by atoms with Gasteiger partial charge in [0.15, 0.2) is 5.78 Å². The van der Waals surface area contributed by atoms with Crippen LogP contribution in [0.3, 0.4) is 0 Å². The number of ketones is 1. The summed E-state index contributed by atoms with van der Waals surface area (Å²) >= 11 is 0. The summed E-state index contributed by atoms with van der Waals surface area (Å²) in [6.45, 7) is 5.68. The maximum absolute atomic E-state index is 13.1. The third kappa shape index (κ3) is 4.54. The van der Waals surface area contributed by atoms with E-state index in [2.05, 4.69) is 5.32 Å². The molecule has 2 rings (SSSR count). The highest BCUT2D eigenvalue weighted by molar-refractivity contribution is 6.07. The molecule has 0 unspecified atom stereocenters. The van der Waals surface area contributed by atoms with Crippen LogP contribution in [0.25, 0.3) is 0 Å². The van der Waals surface area contributed by atoms with Crippen molar-refractivity contribution in [3.05, 3.63) is 39.9 Å². The number of Topliss-reactive ketones (excluding diaryl/α,β-unsaturated/α-hetero) is 1. The van der Waals surface area contributed by atoms with Gasteiger partial charge < -0.3 is 14.8 Å². The van der Waals surface area contributed by atoms with E-state index in [-0.39, 0.29) is 37.3 Å². The van der Waals surface area contributed by atoms with Crippen LogP contribution in [0.4, 0.5) is 10.5 Å². The monoisotopic (exact) mass is 350 g/mol. The zero-order valence-electron chi connectivity index (χ0n) is 14.5. The number of nitro groups is 1. The molecule has 25 heavy (non-hydrogen) atoms. The number of hydrogen-bond acceptors (Lipinski definition) is 6. The minimum Gasteiger partial charge on any atom is -0.444 e. The summed E-state index contributed by atoms with van der Waals surface area (Å²) in [6, 6.07) is 5.72. The highest BCUT2D eigenvalue weighted by Crippen LogP contribution is 2.30. The van der Waals surface area contributed by atoms with E-state index < -0.39 is 27.9 Å². The van der Waals surface area contributed by atoms with Crippen LogP contribution in [0.15, 0.2) is 24.3 Å². The fourth-order valence-electron chi connectivity index (χ4n) is 2.71. The lowest BCUT2D eigenvalue weighted by atomic mass is 9.82. The number of nitro benzene ring substituents is 1. The van der Waals surface area contributed by atoms with E-state index >= 15 is 0 Å². The molecule has 8 nitrogen and oxygen atoms in total. The Morgan fingerprint density at radius 2 is 1.84 bits per heavy atom. The smallest absolute Gasteiger partial charge is 0.408 e. The van der Waals surface area contributed by atoms with Crippen molar-refractivity contribution in [1.82, 2.24) is 5.32 Å². The molecule has 0 saturated carbocycles. The van der Waals surface area contributed by atoms with Gasteiger partial charge in [-0.05, 0) is 26.8 Å². The number of alkyl carbamates (subject to hydrolysis) is 1. The van der Waals surface area contributed by atoms with Crippen molar-refractivity contribution in [3.63, 3.8) is 0 Å². The minimum absolute atomic E-state index is 0.0366. The van der Waals surface area contributed by atoms with E-state index in [1.807, 2.05) is 0 Å². The largest absolute Gasteiger partial charge is 0.444 e. The van der Waals surface area contributed by atoms with Crippen LogP contribution in [0.2, 0.25) is 0 Å². The number of nitrogens with one attached hydrogen (secondary N) is 1. The van der Waals surface area contributed by atoms with Gasteiger partial charge >= 0.3 is 6.09 Å². The summed E-state index contributed by atoms with van der Waals surface area (Å²) < 4.78 is 10.5. The lowest BCUT2D eigenvalue weighted by Crippen LogP contribution is -2.58. The van der Waals surface area contributed by atoms with Crippen molar-refractivity contribution >= 4 is 17.6 Å². The van der Waals surface area contributed by atoms with E-state index in [9.17, 15) is 19.7 Å². The van der Waals surface area contributed by atoms with Crippen LogP contribution >= 0.6 is 0 Å². The molecule has 8 heteroatoms. The minimum atomic E-state index is -1.29. The van der Waals surface area contributed by atoms with Crippen molar-refractivity contribution in [3.8, 4) is 0 Å². The Balaban J connectivity index is 2.35. The number of para-hydroxylation sites is 1. The quantitative estimate of drug-likeness (QED) is 0.508. The second-order valence-corrected chi connectivity index (χ2v) is 6.92. The second kappa shape index (κ2) is 7.18. The zero-order chi connectivity index (χ0) is 18.7. The fraction of sp³-hybridized carbons (Fsp3) is 0.529. The molecule has 0 atom stereocenters. The molecule has 0 radical (unpaired) electrons. The third-order valence-electron chi connectivity index (χ3n) is 3.87. The Morgan fingerprint density at radius 1 is 1.24 bits per heavy atom. The number of hydrogen-bond donors (Lipinski definition) is 1. The summed E-state index contributed by atoms with van der Waals surface area (Å²) in [5.41, 5.74) is -2.33. The summed E-state index contributed by atoms with van der Waals surface area (Å²) in [5, 5.41) is 13.9. The molecule has 1 N–H and O–H groups in total. The van der Waals surface area contributed by atoms with Crippen LogP contribution in [-0.4, -0.2) is 41.2 Å². The van der Waals surface area contributed by atoms with Gasteiger partial charge in [-0.15, -0.1) is 0 Å². The van der Waals surface area contributed by atoms with Gasteiger partial charge in [-0.2, -0.15) is 0 Å². The highest BCUT2D eigenvalue weighted by Gasteiger charge is 2.44. The van der Waals surface area contributed by atoms with Gasteiger partial charge in [-0.1, -0.05) is 12.1 Å². The Hall–Kier alpha value is -2.48. The predicted molar refractivity (Wildman–Crippen MR) is 89.6 cm³/mol. The average molecular weight is 350 g/mol. The molecule has 1 aliphatic rings. The number of benzene rings is 1. The third-order valence-corrected chi connectivity index (χ3v) is 3.87. The van der Waals surface area contributed by atoms with Crippen LogP contribution in [0, 0.1) is 10.1 Å². The molecule has 1 saturated heterocycles. The molecule has 1 amide bonds. The molecule has 0 aromatic heterocycles. The van der Waals surface area contributed by atoms with Crippen molar-refractivity contribution in [2.45, 2.75) is 44.8 Å². The van der Waals surface area contributed by atoms with Gasteiger partial charge in [-0.3, -0.25) is 14.9 Å². The Morgan fingerprint density at radius 3 is 2.40 bits per heavy atom. The van der Waals surface area contributed by atoms with Crippen molar-refractivity contribution in [2.24, 2.45) is 0 Å². The van der Waals surface area contributed by atoms with Gasteiger partial charge in [-0.25, -0.2) is 4.79 Å². The number of amides is 1. The van der Waals surface area contributed by atoms with Crippen molar-refractivity contribution < 1.29 is 24.0 Å². The molecule has 1 heterocycles. The first-order valence-corrected chi connectivity index (χ1v) is 8.02. The van der Waals surface area contributed by atoms with Crippen LogP contribution < -0.4 is 5.32 Å². The van der Waals surface area contributed by atoms with E-state index in [4.69, 9.17) is 9.47 Å². The molecule has 1 fully saturated rings. The molecule has 0 spiro atoms. The topological polar surface area (TPSA) is 108 Å². The van der Waals surface area contributed by atoms with Gasteiger partial charge in [0.25, 0.3) is 5.69 Å². The zero-order valence-corrected chi connectivity index (χ0v) is 14.5. The molecular weight excluding hydrogens is 328 g/mol. The summed E-state index contributed by atoms with van der Waals surface area (Å²) in [4.78, 5) is 36.0. The average Bonchev–Trinajstić information content (AvgIpc) is 2.53. The summed E-state index contributed by atoms with van der Waals surface area (Å²) in [7, 11) is 0. The van der Waals surface area contributed by atoms with Gasteiger partial charge in [0, 0.05) is 32.1 Å². The maximum atomic E-state index is 13.1. The molecule has 1 aromatic carbocycles. The Labute approximate surface area is 145 Å². The van der Waals surface area contributed by atoms with Crippen molar-refractivity contribution in [2.75, 3.05) is 13.2 Å². The number of rotatable bonds is 4. The summed E-state index contributed by atoms with van der Waals surface area (Å²) in [6.07, 6.45) is -0.296.